The minimum absolute atomic E-state index is 0.00572. The molecule has 1 aliphatic heterocycles. The van der Waals surface area contributed by atoms with E-state index in [1.165, 1.54) is 19.6 Å². The zero-order chi connectivity index (χ0) is 50.9. The molecular weight excluding hydrogens is 889 g/mol. The summed E-state index contributed by atoms with van der Waals surface area (Å²) >= 11 is 0. The van der Waals surface area contributed by atoms with Crippen molar-refractivity contribution in [2.24, 2.45) is 77.3 Å². The van der Waals surface area contributed by atoms with Crippen molar-refractivity contribution in [3.05, 3.63) is 0 Å². The molecular formula is C40H80N20O8. The first-order chi connectivity index (χ1) is 32.3. The lowest BCUT2D eigenvalue weighted by molar-refractivity contribution is -0.157. The number of ether oxygens (including phenoxy) is 2. The second-order valence-electron chi connectivity index (χ2n) is 16.2. The van der Waals surface area contributed by atoms with E-state index < -0.39 is 67.5 Å². The SMILES string of the molecule is CC1(CCN(CC(=O)N(CCCN=C(N)N)CC(=O)N[C@H](CCCN=C(N)N)C(N)=O)C(=O)CN(CCCN=C(N)N)C(=O)CN(CCCN=C(N)N)C(=O)CNCCCCCCN)OCCO1. The van der Waals surface area contributed by atoms with Crippen LogP contribution in [0.4, 0.5) is 0 Å². The summed E-state index contributed by atoms with van der Waals surface area (Å²) in [5.74, 6) is -5.43. The minimum Gasteiger partial charge on any atom is -0.370 e. The van der Waals surface area contributed by atoms with Crippen LogP contribution in [0.15, 0.2) is 20.0 Å². The third kappa shape index (κ3) is 28.0. The zero-order valence-electron chi connectivity index (χ0n) is 39.8. The molecule has 1 aliphatic rings. The van der Waals surface area contributed by atoms with Crippen LogP contribution >= 0.6 is 0 Å². The van der Waals surface area contributed by atoms with Crippen molar-refractivity contribution in [2.45, 2.75) is 83.0 Å². The number of unbranched alkanes of at least 4 members (excludes halogenated alkanes) is 3. The van der Waals surface area contributed by atoms with Crippen LogP contribution in [0, 0.1) is 0 Å². The maximum Gasteiger partial charge on any atom is 0.242 e. The Kier molecular flexibility index (Phi) is 30.0. The highest BCUT2D eigenvalue weighted by molar-refractivity contribution is 5.92. The summed E-state index contributed by atoms with van der Waals surface area (Å²) in [5.41, 5.74) is 55.0. The van der Waals surface area contributed by atoms with E-state index in [-0.39, 0.29) is 114 Å². The fourth-order valence-electron chi connectivity index (χ4n) is 6.66. The van der Waals surface area contributed by atoms with Crippen LogP contribution in [0.3, 0.4) is 0 Å². The average Bonchev–Trinajstić information content (AvgIpc) is 3.71. The molecule has 0 aliphatic carbocycles. The van der Waals surface area contributed by atoms with Crippen molar-refractivity contribution in [3.8, 4) is 0 Å². The van der Waals surface area contributed by atoms with E-state index in [0.717, 1.165) is 25.7 Å². The Morgan fingerprint density at radius 2 is 0.956 bits per heavy atom. The Bertz CT molecular complexity index is 1680. The van der Waals surface area contributed by atoms with Crippen molar-refractivity contribution in [1.29, 1.82) is 0 Å². The van der Waals surface area contributed by atoms with Crippen LogP contribution in [-0.2, 0) is 38.2 Å². The molecule has 28 heteroatoms. The summed E-state index contributed by atoms with van der Waals surface area (Å²) in [6.45, 7) is 2.09. The topological polar surface area (TPSA) is 468 Å². The van der Waals surface area contributed by atoms with Gasteiger partial charge in [-0.2, -0.15) is 0 Å². The third-order valence-electron chi connectivity index (χ3n) is 10.3. The van der Waals surface area contributed by atoms with Gasteiger partial charge >= 0.3 is 0 Å². The molecule has 1 atom stereocenters. The number of nitrogens with zero attached hydrogens (tertiary/aromatic N) is 8. The molecule has 1 rings (SSSR count). The largest absolute Gasteiger partial charge is 0.370 e. The molecule has 0 aromatic carbocycles. The second kappa shape index (κ2) is 34.1. The minimum atomic E-state index is -1.10. The number of aliphatic imine (C=N–C) groups is 4. The van der Waals surface area contributed by atoms with Gasteiger partial charge in [-0.3, -0.25) is 48.7 Å². The summed E-state index contributed by atoms with van der Waals surface area (Å²) in [6, 6.07) is -1.10. The molecule has 0 aromatic heterocycles. The maximum absolute atomic E-state index is 14.4. The van der Waals surface area contributed by atoms with E-state index in [0.29, 0.717) is 39.1 Å². The van der Waals surface area contributed by atoms with Gasteiger partial charge in [-0.15, -0.1) is 0 Å². The van der Waals surface area contributed by atoms with Gasteiger partial charge in [0, 0.05) is 58.8 Å². The lowest BCUT2D eigenvalue weighted by Gasteiger charge is -2.32. The first kappa shape index (κ1) is 59.8. The summed E-state index contributed by atoms with van der Waals surface area (Å²) in [5, 5.41) is 5.69. The van der Waals surface area contributed by atoms with E-state index in [4.69, 9.17) is 66.8 Å². The Balaban J connectivity index is 3.47. The van der Waals surface area contributed by atoms with Crippen molar-refractivity contribution in [3.63, 3.8) is 0 Å². The predicted molar refractivity (Wildman–Crippen MR) is 259 cm³/mol. The highest BCUT2D eigenvalue weighted by Crippen LogP contribution is 2.23. The standard InChI is InChI=1S/C40H80N20O8/c1-40(67-22-23-68-40)11-21-60(28-32(63)57(18-7-15-53-37(45)46)25-30(61)56-29(35(42)66)10-6-14-52-36(43)44)34(65)27-59(20-9-17-55-39(49)50)33(64)26-58(19-8-16-54-38(47)48)31(62)24-51-13-5-3-2-4-12-41/h29,51H,2-28,41H2,1H3,(H2,42,66)(H,56,61)(H4,43,44,52)(H4,45,46,53)(H4,47,48,54)(H4,49,50,55)/t29-/m1/s1. The molecule has 22 N–H and O–H groups in total. The van der Waals surface area contributed by atoms with Crippen LogP contribution in [0.1, 0.15) is 71.1 Å². The number of rotatable bonds is 37. The molecule has 0 bridgehead atoms. The normalized spacial score (nSPS) is 13.0. The van der Waals surface area contributed by atoms with Crippen LogP contribution in [0.5, 0.6) is 0 Å². The van der Waals surface area contributed by atoms with Crippen molar-refractivity contribution < 1.29 is 38.2 Å². The lowest BCUT2D eigenvalue weighted by atomic mass is 10.1. The summed E-state index contributed by atoms with van der Waals surface area (Å²) in [4.78, 5) is 103. The number of carbonyl (C=O) groups excluding carboxylic acids is 6. The van der Waals surface area contributed by atoms with Crippen LogP contribution < -0.4 is 68.0 Å². The Hall–Kier alpha value is -6.26. The summed E-state index contributed by atoms with van der Waals surface area (Å²) in [7, 11) is 0. The number of primary amides is 1. The summed E-state index contributed by atoms with van der Waals surface area (Å²) in [6.07, 6.45) is 5.00. The number of guanidine groups is 4. The van der Waals surface area contributed by atoms with E-state index in [9.17, 15) is 28.8 Å². The van der Waals surface area contributed by atoms with Gasteiger partial charge in [0.25, 0.3) is 0 Å². The molecule has 0 spiro atoms. The Labute approximate surface area is 398 Å². The summed E-state index contributed by atoms with van der Waals surface area (Å²) < 4.78 is 11.6. The molecule has 6 amide bonds. The molecule has 28 nitrogen and oxygen atoms in total. The van der Waals surface area contributed by atoms with Gasteiger partial charge in [-0.1, -0.05) is 12.8 Å². The van der Waals surface area contributed by atoms with Gasteiger partial charge in [-0.25, -0.2) is 0 Å². The molecule has 1 fully saturated rings. The van der Waals surface area contributed by atoms with Crippen molar-refractivity contribution >= 4 is 59.3 Å². The second-order valence-corrected chi connectivity index (χ2v) is 16.2. The monoisotopic (exact) mass is 969 g/mol. The van der Waals surface area contributed by atoms with E-state index in [1.54, 1.807) is 6.92 Å². The molecule has 1 heterocycles. The third-order valence-corrected chi connectivity index (χ3v) is 10.3. The quantitative estimate of drug-likeness (QED) is 0.0156. The maximum atomic E-state index is 14.4. The Morgan fingerprint density at radius 3 is 1.40 bits per heavy atom. The first-order valence-corrected chi connectivity index (χ1v) is 22.9. The fourth-order valence-corrected chi connectivity index (χ4v) is 6.66. The molecule has 0 radical (unpaired) electrons. The zero-order valence-corrected chi connectivity index (χ0v) is 39.8. The van der Waals surface area contributed by atoms with Gasteiger partial charge in [0.1, 0.15) is 6.04 Å². The molecule has 1 saturated heterocycles. The number of nitrogens with one attached hydrogen (secondary N) is 2. The smallest absolute Gasteiger partial charge is 0.242 e. The highest BCUT2D eigenvalue weighted by Gasteiger charge is 2.34. The molecule has 388 valence electrons. The van der Waals surface area contributed by atoms with Crippen LogP contribution in [0.25, 0.3) is 0 Å². The highest BCUT2D eigenvalue weighted by atomic mass is 16.7. The van der Waals surface area contributed by atoms with Crippen molar-refractivity contribution in [1.82, 2.24) is 30.2 Å². The molecule has 0 unspecified atom stereocenters. The number of amides is 6. The van der Waals surface area contributed by atoms with Gasteiger partial charge in [0.15, 0.2) is 29.6 Å². The number of nitrogens with two attached hydrogens (primary N) is 10. The first-order valence-electron chi connectivity index (χ1n) is 22.9. The fraction of sp³-hybridized carbons (Fsp3) is 0.750. The van der Waals surface area contributed by atoms with Gasteiger partial charge in [0.05, 0.1) is 45.9 Å². The average molecular weight is 969 g/mol. The van der Waals surface area contributed by atoms with Crippen molar-refractivity contribution in [2.75, 3.05) is 111 Å². The van der Waals surface area contributed by atoms with E-state index in [2.05, 4.69) is 30.6 Å². The Morgan fingerprint density at radius 1 is 0.544 bits per heavy atom. The molecule has 68 heavy (non-hydrogen) atoms. The van der Waals surface area contributed by atoms with Gasteiger partial charge in [-0.05, 0) is 65.0 Å². The predicted octanol–water partition coefficient (Wildman–Crippen LogP) is -6.42. The lowest BCUT2D eigenvalue weighted by Crippen LogP contribution is -2.53. The van der Waals surface area contributed by atoms with Gasteiger partial charge < -0.3 is 97.0 Å². The van der Waals surface area contributed by atoms with Crippen LogP contribution in [0.2, 0.25) is 0 Å². The van der Waals surface area contributed by atoms with E-state index >= 15 is 0 Å². The van der Waals surface area contributed by atoms with E-state index in [1.807, 2.05) is 0 Å². The number of hydrogen-bond acceptors (Lipinski definition) is 14. The van der Waals surface area contributed by atoms with Gasteiger partial charge in [0.2, 0.25) is 35.4 Å². The molecule has 0 aromatic rings. The van der Waals surface area contributed by atoms with Crippen LogP contribution in [-0.4, -0.2) is 202 Å². The molecule has 0 saturated carbocycles. The number of hydrogen-bond donors (Lipinski definition) is 12. The number of carbonyl (C=O) groups is 6.